The van der Waals surface area contributed by atoms with Crippen molar-refractivity contribution in [1.82, 2.24) is 0 Å². The third kappa shape index (κ3) is 8.75. The maximum Gasteiger partial charge on any atom is -1.00 e. The first-order valence-corrected chi connectivity index (χ1v) is 24.2. The zero-order chi connectivity index (χ0) is 36.6. The molecule has 0 fully saturated rings. The SMILES string of the molecule is CC(C)(C)c1cc2c(cc1C(C)(C)C)-c1cc(C(C)(C)C)c(C(C)(C)C)[c]([Zr+2](=[C](c3ccc(I)cc3)c3ccc(I)cc3)[CH]3C=CC=C3)c1C2.[Cl-].[Cl-]. The fraction of sp³-hybridized carbons (Fsp3) is 0.383. The second-order valence-electron chi connectivity index (χ2n) is 18.5. The molecular weight excluding hydrogens is 980 g/mol. The molecule has 0 amide bonds. The van der Waals surface area contributed by atoms with E-state index >= 15 is 0 Å². The van der Waals surface area contributed by atoms with E-state index in [-0.39, 0.29) is 46.5 Å². The number of halogens is 4. The number of fused-ring (bicyclic) bond motifs is 3. The Kier molecular flexibility index (Phi) is 13.5. The van der Waals surface area contributed by atoms with Crippen molar-refractivity contribution in [2.45, 2.75) is 115 Å². The van der Waals surface area contributed by atoms with Gasteiger partial charge in [-0.25, -0.2) is 0 Å². The number of benzene rings is 4. The summed E-state index contributed by atoms with van der Waals surface area (Å²) in [4.78, 5) is 0. The van der Waals surface area contributed by atoms with Crippen molar-refractivity contribution in [2.24, 2.45) is 0 Å². The van der Waals surface area contributed by atoms with Crippen LogP contribution in [0, 0.1) is 7.14 Å². The fourth-order valence-electron chi connectivity index (χ4n) is 8.08. The Morgan fingerprint density at radius 2 is 0.981 bits per heavy atom. The Hall–Kier alpha value is -0.847. The Balaban J connectivity index is 0.00000302. The second kappa shape index (κ2) is 16.0. The van der Waals surface area contributed by atoms with Crippen molar-refractivity contribution in [1.29, 1.82) is 0 Å². The largest absolute Gasteiger partial charge is 1.00 e. The molecule has 274 valence electrons. The van der Waals surface area contributed by atoms with Crippen LogP contribution in [0.3, 0.4) is 0 Å². The van der Waals surface area contributed by atoms with E-state index in [4.69, 9.17) is 0 Å². The Labute approximate surface area is 362 Å². The molecule has 0 aromatic heterocycles. The van der Waals surface area contributed by atoms with Gasteiger partial charge in [-0.1, -0.05) is 0 Å². The van der Waals surface area contributed by atoms with Crippen LogP contribution in [-0.4, -0.2) is 3.21 Å². The number of allylic oxidation sites excluding steroid dienone is 4. The van der Waals surface area contributed by atoms with Crippen LogP contribution >= 0.6 is 45.2 Å². The second-order valence-corrected chi connectivity index (χ2v) is 27.2. The van der Waals surface area contributed by atoms with E-state index in [0.29, 0.717) is 3.63 Å². The third-order valence-electron chi connectivity index (χ3n) is 10.4. The fourth-order valence-corrected chi connectivity index (χ4v) is 18.2. The minimum atomic E-state index is -2.91. The first-order chi connectivity index (χ1) is 23.2. The molecular formula is C47H54Cl2I2Zr. The molecule has 0 spiro atoms. The van der Waals surface area contributed by atoms with E-state index in [2.05, 4.69) is 219 Å². The molecule has 0 heterocycles. The topological polar surface area (TPSA) is 0 Å². The van der Waals surface area contributed by atoms with Crippen molar-refractivity contribution in [3.63, 3.8) is 0 Å². The molecule has 2 aliphatic carbocycles. The van der Waals surface area contributed by atoms with Gasteiger partial charge >= 0.3 is 342 Å². The summed E-state index contributed by atoms with van der Waals surface area (Å²) in [7, 11) is 0. The summed E-state index contributed by atoms with van der Waals surface area (Å²) in [5, 5.41) is 0. The van der Waals surface area contributed by atoms with E-state index in [1.54, 1.807) is 17.6 Å². The van der Waals surface area contributed by atoms with Crippen LogP contribution in [-0.2, 0) is 49.3 Å². The Morgan fingerprint density at radius 3 is 1.40 bits per heavy atom. The first kappa shape index (κ1) is 43.9. The summed E-state index contributed by atoms with van der Waals surface area (Å²) in [6.07, 6.45) is 10.7. The minimum Gasteiger partial charge on any atom is -1.00 e. The van der Waals surface area contributed by atoms with E-state index < -0.39 is 21.3 Å². The normalized spacial score (nSPS) is 13.9. The standard InChI is InChI=1S/C29H41.C13H8I2.C5H5.2ClH.Zr/c1-26(2,3)22-14-18-13-19-15-23(27(4,5)6)25(29(10,11)12)17-21(19)20(18)16-24(22)28(7,8)9;14-12-5-1-10(2-6-12)9-11-3-7-13(15)8-4-11;1-2-4-5-3-1;;;/h14,16-17H,13H2,1-12H3;1-8H;1-5H;2*1H;/q;;;;;+2/p-2. The molecule has 4 aromatic rings. The van der Waals surface area contributed by atoms with Gasteiger partial charge in [-0.3, -0.25) is 0 Å². The predicted octanol–water partition coefficient (Wildman–Crippen LogP) is 7.09. The first-order valence-electron chi connectivity index (χ1n) is 18.2. The average Bonchev–Trinajstić information content (AvgIpc) is 3.66. The van der Waals surface area contributed by atoms with Crippen LogP contribution in [0.5, 0.6) is 0 Å². The summed E-state index contributed by atoms with van der Waals surface area (Å²) in [6, 6.07) is 26.7. The predicted molar refractivity (Wildman–Crippen MR) is 233 cm³/mol. The number of hydrogen-bond acceptors (Lipinski definition) is 0. The average molecular weight is 1030 g/mol. The van der Waals surface area contributed by atoms with Gasteiger partial charge in [0.15, 0.2) is 0 Å². The van der Waals surface area contributed by atoms with Crippen LogP contribution in [0.2, 0.25) is 3.63 Å². The van der Waals surface area contributed by atoms with Gasteiger partial charge in [0.2, 0.25) is 0 Å². The van der Waals surface area contributed by atoms with Crippen molar-refractivity contribution < 1.29 is 46.1 Å². The van der Waals surface area contributed by atoms with Crippen LogP contribution in [0.4, 0.5) is 0 Å². The number of hydrogen-bond donors (Lipinski definition) is 0. The molecule has 0 aliphatic heterocycles. The van der Waals surface area contributed by atoms with Crippen molar-refractivity contribution in [2.75, 3.05) is 0 Å². The zero-order valence-electron chi connectivity index (χ0n) is 33.0. The number of rotatable bonds is 4. The van der Waals surface area contributed by atoms with Crippen LogP contribution in [0.1, 0.15) is 128 Å². The molecule has 0 bridgehead atoms. The maximum atomic E-state index is 2.64. The molecule has 6 rings (SSSR count). The van der Waals surface area contributed by atoms with Gasteiger partial charge in [0.25, 0.3) is 0 Å². The van der Waals surface area contributed by atoms with Gasteiger partial charge in [0.1, 0.15) is 0 Å². The summed E-state index contributed by atoms with van der Waals surface area (Å²) in [5.41, 5.74) is 15.1. The van der Waals surface area contributed by atoms with E-state index in [9.17, 15) is 0 Å². The molecule has 0 saturated carbocycles. The monoisotopic (exact) mass is 1030 g/mol. The molecule has 52 heavy (non-hydrogen) atoms. The molecule has 5 heteroatoms. The Bertz CT molecular complexity index is 2000. The van der Waals surface area contributed by atoms with E-state index in [1.807, 2.05) is 0 Å². The van der Waals surface area contributed by atoms with E-state index in [1.165, 1.54) is 51.6 Å². The molecule has 0 atom stereocenters. The quantitative estimate of drug-likeness (QED) is 0.169. The van der Waals surface area contributed by atoms with Crippen LogP contribution < -0.4 is 28.1 Å². The van der Waals surface area contributed by atoms with Gasteiger partial charge in [-0.15, -0.1) is 0 Å². The zero-order valence-corrected chi connectivity index (χ0v) is 41.2. The van der Waals surface area contributed by atoms with Gasteiger partial charge < -0.3 is 24.8 Å². The van der Waals surface area contributed by atoms with Gasteiger partial charge in [-0.05, 0) is 0 Å². The van der Waals surface area contributed by atoms with Crippen LogP contribution in [0.15, 0.2) is 91.0 Å². The maximum absolute atomic E-state index is 2.91. The smallest absolute Gasteiger partial charge is 1.00 e. The molecule has 0 nitrogen and oxygen atoms in total. The van der Waals surface area contributed by atoms with Gasteiger partial charge in [-0.2, -0.15) is 0 Å². The minimum absolute atomic E-state index is 0. The van der Waals surface area contributed by atoms with Gasteiger partial charge in [0, 0.05) is 0 Å². The summed E-state index contributed by atoms with van der Waals surface area (Å²) >= 11 is 2.01. The summed E-state index contributed by atoms with van der Waals surface area (Å²) in [6.45, 7) is 29.1. The van der Waals surface area contributed by atoms with Crippen molar-refractivity contribution in [3.05, 3.63) is 143 Å². The molecule has 0 N–H and O–H groups in total. The van der Waals surface area contributed by atoms with Gasteiger partial charge in [0.05, 0.1) is 0 Å². The molecule has 0 saturated heterocycles. The van der Waals surface area contributed by atoms with Crippen LogP contribution in [0.25, 0.3) is 11.1 Å². The molecule has 4 aromatic carbocycles. The summed E-state index contributed by atoms with van der Waals surface area (Å²) < 4.78 is 6.35. The summed E-state index contributed by atoms with van der Waals surface area (Å²) in [5.74, 6) is 0. The van der Waals surface area contributed by atoms with Crippen molar-refractivity contribution >= 4 is 51.7 Å². The molecule has 0 radical (unpaired) electrons. The third-order valence-corrected chi connectivity index (χ3v) is 19.8. The Morgan fingerprint density at radius 1 is 0.558 bits per heavy atom. The van der Waals surface area contributed by atoms with Crippen molar-refractivity contribution in [3.8, 4) is 11.1 Å². The molecule has 0 unspecified atom stereocenters. The molecule has 2 aliphatic rings. The van der Waals surface area contributed by atoms with E-state index in [0.717, 1.165) is 6.42 Å².